The molecule has 0 aliphatic carbocycles. The molecule has 9 nitrogen and oxygen atoms in total. The van der Waals surface area contributed by atoms with E-state index in [1.54, 1.807) is 16.9 Å². The van der Waals surface area contributed by atoms with E-state index in [1.165, 1.54) is 6.07 Å². The Morgan fingerprint density at radius 1 is 0.955 bits per heavy atom. The molecule has 0 spiro atoms. The van der Waals surface area contributed by atoms with E-state index in [0.29, 0.717) is 0 Å². The maximum absolute atomic E-state index is 11.1. The van der Waals surface area contributed by atoms with Crippen molar-refractivity contribution in [2.45, 2.75) is 0 Å². The van der Waals surface area contributed by atoms with Crippen LogP contribution >= 0.6 is 0 Å². The lowest BCUT2D eigenvalue weighted by atomic mass is 10.3. The van der Waals surface area contributed by atoms with Crippen molar-refractivity contribution in [3.8, 4) is 0 Å². The minimum Gasteiger partial charge on any atom is -0.352 e. The Labute approximate surface area is 125 Å². The number of rotatable bonds is 2. The quantitative estimate of drug-likeness (QED) is 0.683. The second-order valence-electron chi connectivity index (χ2n) is 5.08. The van der Waals surface area contributed by atoms with E-state index in [2.05, 4.69) is 35.3 Å². The minimum atomic E-state index is -0.186. The van der Waals surface area contributed by atoms with Gasteiger partial charge in [0.25, 0.3) is 5.56 Å². The van der Waals surface area contributed by atoms with Gasteiger partial charge in [0.2, 0.25) is 0 Å². The monoisotopic (exact) mass is 298 g/mol. The van der Waals surface area contributed by atoms with Crippen LogP contribution < -0.4 is 15.4 Å². The molecule has 0 bridgehead atoms. The lowest BCUT2D eigenvalue weighted by Gasteiger charge is -2.35. The number of aromatic nitrogens is 6. The van der Waals surface area contributed by atoms with Crippen molar-refractivity contribution in [3.05, 3.63) is 40.9 Å². The van der Waals surface area contributed by atoms with Crippen molar-refractivity contribution >= 4 is 17.3 Å². The van der Waals surface area contributed by atoms with Crippen molar-refractivity contribution in [2.75, 3.05) is 36.0 Å². The van der Waals surface area contributed by atoms with Gasteiger partial charge in [-0.05, 0) is 18.2 Å². The van der Waals surface area contributed by atoms with Gasteiger partial charge in [-0.1, -0.05) is 0 Å². The van der Waals surface area contributed by atoms with Crippen molar-refractivity contribution in [1.29, 1.82) is 0 Å². The lowest BCUT2D eigenvalue weighted by Crippen LogP contribution is -2.47. The van der Waals surface area contributed by atoms with Gasteiger partial charge in [0.15, 0.2) is 5.65 Å². The predicted octanol–water partition coefficient (Wildman–Crippen LogP) is -0.466. The SMILES string of the molecule is O=c1ccc(N2CCN(c3ccc4nncn4n3)CC2)n[nH]1. The first-order valence-electron chi connectivity index (χ1n) is 7.02. The van der Waals surface area contributed by atoms with Crippen molar-refractivity contribution in [1.82, 2.24) is 30.0 Å². The highest BCUT2D eigenvalue weighted by Crippen LogP contribution is 2.16. The van der Waals surface area contributed by atoms with Crippen molar-refractivity contribution in [2.24, 2.45) is 0 Å². The summed E-state index contributed by atoms with van der Waals surface area (Å²) < 4.78 is 1.67. The summed E-state index contributed by atoms with van der Waals surface area (Å²) in [4.78, 5) is 15.4. The number of aromatic amines is 1. The fourth-order valence-corrected chi connectivity index (χ4v) is 2.56. The summed E-state index contributed by atoms with van der Waals surface area (Å²) >= 11 is 0. The van der Waals surface area contributed by atoms with Crippen molar-refractivity contribution < 1.29 is 0 Å². The van der Waals surface area contributed by atoms with Gasteiger partial charge < -0.3 is 9.80 Å². The van der Waals surface area contributed by atoms with Crippen LogP contribution in [0.15, 0.2) is 35.4 Å². The van der Waals surface area contributed by atoms with Crippen LogP contribution in [0.4, 0.5) is 11.6 Å². The van der Waals surface area contributed by atoms with Crippen LogP contribution in [-0.4, -0.2) is 56.2 Å². The number of H-pyrrole nitrogens is 1. The average Bonchev–Trinajstić information content (AvgIpc) is 3.03. The van der Waals surface area contributed by atoms with Crippen LogP contribution in [0.1, 0.15) is 0 Å². The van der Waals surface area contributed by atoms with E-state index < -0.39 is 0 Å². The number of fused-ring (bicyclic) bond motifs is 1. The minimum absolute atomic E-state index is 0.186. The second-order valence-corrected chi connectivity index (χ2v) is 5.08. The molecule has 22 heavy (non-hydrogen) atoms. The van der Waals surface area contributed by atoms with E-state index in [9.17, 15) is 4.79 Å². The average molecular weight is 298 g/mol. The number of nitrogens with one attached hydrogen (secondary N) is 1. The first kappa shape index (κ1) is 12.7. The fourth-order valence-electron chi connectivity index (χ4n) is 2.56. The van der Waals surface area contributed by atoms with E-state index in [1.807, 2.05) is 12.1 Å². The van der Waals surface area contributed by atoms with E-state index in [0.717, 1.165) is 43.5 Å². The van der Waals surface area contributed by atoms with Crippen molar-refractivity contribution in [3.63, 3.8) is 0 Å². The summed E-state index contributed by atoms with van der Waals surface area (Å²) in [5, 5.41) is 18.8. The Morgan fingerprint density at radius 3 is 2.41 bits per heavy atom. The number of hydrogen-bond acceptors (Lipinski definition) is 7. The maximum atomic E-state index is 11.1. The van der Waals surface area contributed by atoms with Crippen LogP contribution in [0.25, 0.3) is 5.65 Å². The topological polar surface area (TPSA) is 95.3 Å². The molecule has 3 aromatic rings. The highest BCUT2D eigenvalue weighted by atomic mass is 16.1. The van der Waals surface area contributed by atoms with Crippen LogP contribution in [0.2, 0.25) is 0 Å². The zero-order valence-electron chi connectivity index (χ0n) is 11.8. The Kier molecular flexibility index (Phi) is 2.95. The molecular formula is C13H14N8O. The van der Waals surface area contributed by atoms with Crippen LogP contribution in [0, 0.1) is 0 Å². The number of nitrogens with zero attached hydrogens (tertiary/aromatic N) is 7. The second kappa shape index (κ2) is 5.10. The number of hydrogen-bond donors (Lipinski definition) is 1. The van der Waals surface area contributed by atoms with Gasteiger partial charge in [-0.25, -0.2) is 5.10 Å². The molecule has 1 aliphatic heterocycles. The van der Waals surface area contributed by atoms with E-state index in [-0.39, 0.29) is 5.56 Å². The predicted molar refractivity (Wildman–Crippen MR) is 80.1 cm³/mol. The Morgan fingerprint density at radius 2 is 1.68 bits per heavy atom. The van der Waals surface area contributed by atoms with Gasteiger partial charge in [-0.3, -0.25) is 4.79 Å². The molecule has 1 fully saturated rings. The largest absolute Gasteiger partial charge is 0.352 e. The smallest absolute Gasteiger partial charge is 0.264 e. The summed E-state index contributed by atoms with van der Waals surface area (Å²) in [5.74, 6) is 1.70. The van der Waals surface area contributed by atoms with E-state index in [4.69, 9.17) is 0 Å². The lowest BCUT2D eigenvalue weighted by molar-refractivity contribution is 0.632. The molecule has 1 aliphatic rings. The summed E-state index contributed by atoms with van der Waals surface area (Å²) in [5.41, 5.74) is 0.550. The van der Waals surface area contributed by atoms with Crippen LogP contribution in [0.5, 0.6) is 0 Å². The summed E-state index contributed by atoms with van der Waals surface area (Å²) in [7, 11) is 0. The van der Waals surface area contributed by atoms with Gasteiger partial charge in [0, 0.05) is 32.2 Å². The third kappa shape index (κ3) is 2.26. The zero-order chi connectivity index (χ0) is 14.9. The standard InChI is InChI=1S/C13H14N8O/c22-13-4-3-10(16-17-13)19-5-7-20(8-6-19)12-2-1-11-15-14-9-21(11)18-12/h1-4,9H,5-8H2,(H,17,22). The molecule has 0 aromatic carbocycles. The number of anilines is 2. The third-order valence-corrected chi connectivity index (χ3v) is 3.74. The molecular weight excluding hydrogens is 284 g/mol. The first-order valence-corrected chi connectivity index (χ1v) is 7.02. The van der Waals surface area contributed by atoms with Gasteiger partial charge in [-0.15, -0.1) is 15.3 Å². The summed E-state index contributed by atoms with van der Waals surface area (Å²) in [6, 6.07) is 7.11. The van der Waals surface area contributed by atoms with Gasteiger partial charge in [0.1, 0.15) is 18.0 Å². The molecule has 4 heterocycles. The van der Waals surface area contributed by atoms with Gasteiger partial charge in [0.05, 0.1) is 0 Å². The first-order chi connectivity index (χ1) is 10.8. The Bertz CT molecular complexity index is 828. The molecule has 0 atom stereocenters. The molecule has 112 valence electrons. The third-order valence-electron chi connectivity index (χ3n) is 3.74. The Hall–Kier alpha value is -2.97. The molecule has 4 rings (SSSR count). The highest BCUT2D eigenvalue weighted by Gasteiger charge is 2.19. The molecule has 1 N–H and O–H groups in total. The normalized spacial score (nSPS) is 15.5. The van der Waals surface area contributed by atoms with Crippen LogP contribution in [0.3, 0.4) is 0 Å². The summed E-state index contributed by atoms with van der Waals surface area (Å²) in [6.45, 7) is 3.31. The zero-order valence-corrected chi connectivity index (χ0v) is 11.8. The molecule has 0 radical (unpaired) electrons. The van der Waals surface area contributed by atoms with Gasteiger partial charge in [-0.2, -0.15) is 9.61 Å². The fraction of sp³-hybridized carbons (Fsp3) is 0.308. The maximum Gasteiger partial charge on any atom is 0.264 e. The van der Waals surface area contributed by atoms with E-state index >= 15 is 0 Å². The molecule has 1 saturated heterocycles. The molecule has 0 amide bonds. The molecule has 3 aromatic heterocycles. The van der Waals surface area contributed by atoms with Crippen LogP contribution in [-0.2, 0) is 0 Å². The molecule has 9 heteroatoms. The molecule has 0 saturated carbocycles. The number of piperazine rings is 1. The Balaban J connectivity index is 1.49. The summed E-state index contributed by atoms with van der Waals surface area (Å²) in [6.07, 6.45) is 1.60. The van der Waals surface area contributed by atoms with Gasteiger partial charge >= 0.3 is 0 Å². The molecule has 0 unspecified atom stereocenters. The highest BCUT2D eigenvalue weighted by molar-refractivity contribution is 5.47.